The zero-order valence-electron chi connectivity index (χ0n) is 12.3. The Balaban J connectivity index is 1.83. The molecule has 1 aromatic carbocycles. The molecule has 1 N–H and O–H groups in total. The molecule has 112 valence electrons. The van der Waals surface area contributed by atoms with Crippen LogP contribution in [0, 0.1) is 0 Å². The molecule has 1 aromatic heterocycles. The summed E-state index contributed by atoms with van der Waals surface area (Å²) < 4.78 is 13.5. The lowest BCUT2D eigenvalue weighted by atomic mass is 10.1. The molecule has 1 aliphatic heterocycles. The van der Waals surface area contributed by atoms with Gasteiger partial charge in [-0.05, 0) is 24.2 Å². The Bertz CT molecular complexity index is 569. The second-order valence-electron chi connectivity index (χ2n) is 5.13. The van der Waals surface area contributed by atoms with Gasteiger partial charge in [0.1, 0.15) is 0 Å². The number of hydrogen-bond donors (Lipinski definition) is 1. The molecule has 5 heteroatoms. The zero-order valence-corrected chi connectivity index (χ0v) is 12.3. The minimum Gasteiger partial charge on any atom is -0.490 e. The largest absolute Gasteiger partial charge is 0.490 e. The molecular formula is C16H21N3O2. The summed E-state index contributed by atoms with van der Waals surface area (Å²) >= 11 is 0. The molecule has 0 saturated carbocycles. The van der Waals surface area contributed by atoms with E-state index in [1.165, 1.54) is 5.56 Å². The van der Waals surface area contributed by atoms with E-state index >= 15 is 0 Å². The molecule has 0 amide bonds. The van der Waals surface area contributed by atoms with Crippen molar-refractivity contribution >= 4 is 0 Å². The highest BCUT2D eigenvalue weighted by atomic mass is 16.5. The second kappa shape index (κ2) is 6.63. The Kier molecular flexibility index (Phi) is 4.40. The summed E-state index contributed by atoms with van der Waals surface area (Å²) in [6.07, 6.45) is 6.55. The number of fused-ring (bicyclic) bond motifs is 1. The molecule has 2 aromatic rings. The number of benzene rings is 1. The first-order valence-corrected chi connectivity index (χ1v) is 7.45. The monoisotopic (exact) mass is 287 g/mol. The average molecular weight is 287 g/mol. The number of imidazole rings is 1. The van der Waals surface area contributed by atoms with E-state index in [4.69, 9.17) is 9.47 Å². The van der Waals surface area contributed by atoms with Crippen LogP contribution in [0.5, 0.6) is 11.5 Å². The lowest BCUT2D eigenvalue weighted by Gasteiger charge is -2.20. The normalized spacial score (nSPS) is 15.5. The number of aromatic nitrogens is 2. The van der Waals surface area contributed by atoms with Crippen LogP contribution in [0.15, 0.2) is 36.9 Å². The molecule has 0 fully saturated rings. The van der Waals surface area contributed by atoms with Gasteiger partial charge in [0.05, 0.1) is 25.6 Å². The Morgan fingerprint density at radius 3 is 2.90 bits per heavy atom. The Hall–Kier alpha value is -2.01. The molecule has 5 nitrogen and oxygen atoms in total. The minimum absolute atomic E-state index is 0.223. The Morgan fingerprint density at radius 2 is 2.14 bits per heavy atom. The van der Waals surface area contributed by atoms with E-state index < -0.39 is 0 Å². The van der Waals surface area contributed by atoms with Crippen LogP contribution in [0.25, 0.3) is 0 Å². The maximum Gasteiger partial charge on any atom is 0.161 e. The van der Waals surface area contributed by atoms with Crippen molar-refractivity contribution < 1.29 is 9.47 Å². The van der Waals surface area contributed by atoms with E-state index in [1.54, 1.807) is 6.20 Å². The van der Waals surface area contributed by atoms with Crippen molar-refractivity contribution in [1.82, 2.24) is 14.9 Å². The summed E-state index contributed by atoms with van der Waals surface area (Å²) in [6.45, 7) is 5.30. The number of hydrogen-bond acceptors (Lipinski definition) is 4. The van der Waals surface area contributed by atoms with Gasteiger partial charge < -0.3 is 19.4 Å². The summed E-state index contributed by atoms with van der Waals surface area (Å²) in [5.41, 5.74) is 1.20. The molecular weight excluding hydrogens is 266 g/mol. The van der Waals surface area contributed by atoms with Crippen molar-refractivity contribution in [1.29, 1.82) is 0 Å². The summed E-state index contributed by atoms with van der Waals surface area (Å²) in [6, 6.07) is 6.43. The van der Waals surface area contributed by atoms with Crippen LogP contribution in [0.3, 0.4) is 0 Å². The minimum atomic E-state index is 0.223. The first-order valence-electron chi connectivity index (χ1n) is 7.45. The van der Waals surface area contributed by atoms with Gasteiger partial charge in [-0.15, -0.1) is 0 Å². The summed E-state index contributed by atoms with van der Waals surface area (Å²) in [5.74, 6) is 1.69. The van der Waals surface area contributed by atoms with Crippen LogP contribution in [-0.2, 0) is 6.54 Å². The first kappa shape index (κ1) is 13.9. The van der Waals surface area contributed by atoms with E-state index in [0.717, 1.165) is 37.6 Å². The maximum atomic E-state index is 5.78. The van der Waals surface area contributed by atoms with Crippen molar-refractivity contribution in [3.8, 4) is 11.5 Å². The smallest absolute Gasteiger partial charge is 0.161 e. The molecule has 0 spiro atoms. The zero-order chi connectivity index (χ0) is 14.5. The van der Waals surface area contributed by atoms with E-state index in [1.807, 2.05) is 18.6 Å². The third kappa shape index (κ3) is 3.36. The fraction of sp³-hybridized carbons (Fsp3) is 0.438. The van der Waals surface area contributed by atoms with E-state index in [0.29, 0.717) is 6.61 Å². The predicted octanol–water partition coefficient (Wildman–Crippen LogP) is 2.40. The fourth-order valence-electron chi connectivity index (χ4n) is 2.54. The van der Waals surface area contributed by atoms with Gasteiger partial charge >= 0.3 is 0 Å². The molecule has 0 saturated heterocycles. The first-order chi connectivity index (χ1) is 10.4. The van der Waals surface area contributed by atoms with E-state index in [9.17, 15) is 0 Å². The molecule has 0 aliphatic carbocycles. The number of nitrogens with one attached hydrogen (secondary N) is 1. The van der Waals surface area contributed by atoms with Crippen molar-refractivity contribution in [2.45, 2.75) is 25.9 Å². The van der Waals surface area contributed by atoms with Gasteiger partial charge in [-0.25, -0.2) is 4.98 Å². The third-order valence-corrected chi connectivity index (χ3v) is 3.58. The third-order valence-electron chi connectivity index (χ3n) is 3.58. The molecule has 21 heavy (non-hydrogen) atoms. The van der Waals surface area contributed by atoms with Crippen LogP contribution < -0.4 is 14.8 Å². The van der Waals surface area contributed by atoms with Crippen LogP contribution in [0.4, 0.5) is 0 Å². The van der Waals surface area contributed by atoms with Crippen molar-refractivity contribution in [3.05, 3.63) is 42.5 Å². The SMILES string of the molecule is CCNC(Cn1ccnc1)c1ccc2c(c1)OCCCO2. The van der Waals surface area contributed by atoms with Crippen LogP contribution >= 0.6 is 0 Å². The number of likely N-dealkylation sites (N-methyl/N-ethyl adjacent to an activating group) is 1. The van der Waals surface area contributed by atoms with Crippen molar-refractivity contribution in [3.63, 3.8) is 0 Å². The van der Waals surface area contributed by atoms with Gasteiger partial charge in [-0.3, -0.25) is 0 Å². The lowest BCUT2D eigenvalue weighted by Crippen LogP contribution is -2.25. The maximum absolute atomic E-state index is 5.78. The van der Waals surface area contributed by atoms with E-state index in [-0.39, 0.29) is 6.04 Å². The second-order valence-corrected chi connectivity index (χ2v) is 5.13. The van der Waals surface area contributed by atoms with Crippen LogP contribution in [-0.4, -0.2) is 29.3 Å². The molecule has 2 heterocycles. The highest BCUT2D eigenvalue weighted by Gasteiger charge is 2.16. The van der Waals surface area contributed by atoms with Gasteiger partial charge in [-0.2, -0.15) is 0 Å². The van der Waals surface area contributed by atoms with Gasteiger partial charge in [0.25, 0.3) is 0 Å². The molecule has 1 unspecified atom stereocenters. The summed E-state index contributed by atoms with van der Waals surface area (Å²) in [4.78, 5) is 4.10. The van der Waals surface area contributed by atoms with Crippen LogP contribution in [0.1, 0.15) is 24.9 Å². The van der Waals surface area contributed by atoms with Crippen molar-refractivity contribution in [2.75, 3.05) is 19.8 Å². The standard InChI is InChI=1S/C16H21N3O2/c1-2-18-14(11-19-7-6-17-12-19)13-4-5-15-16(10-13)21-9-3-8-20-15/h4-7,10,12,14,18H,2-3,8-9,11H2,1H3. The lowest BCUT2D eigenvalue weighted by molar-refractivity contribution is 0.297. The Labute approximate surface area is 124 Å². The average Bonchev–Trinajstić information content (AvgIpc) is 2.90. The molecule has 3 rings (SSSR count). The number of ether oxygens (including phenoxy) is 2. The molecule has 0 bridgehead atoms. The van der Waals surface area contributed by atoms with Crippen LogP contribution in [0.2, 0.25) is 0 Å². The highest BCUT2D eigenvalue weighted by molar-refractivity contribution is 5.44. The Morgan fingerprint density at radius 1 is 1.29 bits per heavy atom. The van der Waals surface area contributed by atoms with Gasteiger partial charge in [0.15, 0.2) is 11.5 Å². The molecule has 0 radical (unpaired) electrons. The quantitative estimate of drug-likeness (QED) is 0.917. The van der Waals surface area contributed by atoms with Crippen molar-refractivity contribution in [2.24, 2.45) is 0 Å². The van der Waals surface area contributed by atoms with Gasteiger partial charge in [-0.1, -0.05) is 13.0 Å². The molecule has 1 aliphatic rings. The summed E-state index contributed by atoms with van der Waals surface area (Å²) in [5, 5.41) is 3.51. The molecule has 1 atom stereocenters. The predicted molar refractivity (Wildman–Crippen MR) is 80.7 cm³/mol. The van der Waals surface area contributed by atoms with E-state index in [2.05, 4.69) is 33.9 Å². The highest BCUT2D eigenvalue weighted by Crippen LogP contribution is 2.32. The van der Waals surface area contributed by atoms with Gasteiger partial charge in [0, 0.05) is 25.4 Å². The number of rotatable bonds is 5. The van der Waals surface area contributed by atoms with Gasteiger partial charge in [0.2, 0.25) is 0 Å². The number of nitrogens with zero attached hydrogens (tertiary/aromatic N) is 2. The fourth-order valence-corrected chi connectivity index (χ4v) is 2.54. The summed E-state index contributed by atoms with van der Waals surface area (Å²) in [7, 11) is 0. The topological polar surface area (TPSA) is 48.3 Å².